The molecule has 0 unspecified atom stereocenters. The summed E-state index contributed by atoms with van der Waals surface area (Å²) in [5, 5.41) is 18.6. The maximum absolute atomic E-state index is 11.7. The molecule has 102 valence electrons. The van der Waals surface area contributed by atoms with E-state index in [0.717, 1.165) is 0 Å². The zero-order valence-electron chi connectivity index (χ0n) is 10.2. The van der Waals surface area contributed by atoms with Crippen LogP contribution in [0.1, 0.15) is 18.9 Å². The van der Waals surface area contributed by atoms with E-state index in [0.29, 0.717) is 18.5 Å². The van der Waals surface area contributed by atoms with Crippen molar-refractivity contribution in [2.24, 2.45) is 5.41 Å². The van der Waals surface area contributed by atoms with Crippen LogP contribution >= 0.6 is 0 Å². The molecular formula is C11H15N5O3. The highest BCUT2D eigenvalue weighted by Crippen LogP contribution is 2.48. The van der Waals surface area contributed by atoms with Gasteiger partial charge in [0, 0.05) is 11.5 Å². The lowest BCUT2D eigenvalue weighted by Crippen LogP contribution is -2.44. The molecule has 1 fully saturated rings. The number of hydrogen-bond acceptors (Lipinski definition) is 6. The first-order valence-electron chi connectivity index (χ1n) is 6.02. The average Bonchev–Trinajstić information content (AvgIpc) is 2.73. The van der Waals surface area contributed by atoms with Gasteiger partial charge in [-0.15, -0.1) is 0 Å². The number of hydrogen-bond donors (Lipinski definition) is 4. The number of aromatic nitrogens is 4. The second kappa shape index (κ2) is 4.04. The molecule has 1 aliphatic carbocycles. The molecule has 0 saturated heterocycles. The Hall–Kier alpha value is -1.93. The third-order valence-corrected chi connectivity index (χ3v) is 3.85. The third kappa shape index (κ3) is 1.71. The molecule has 2 aromatic heterocycles. The number of rotatable bonds is 3. The van der Waals surface area contributed by atoms with E-state index in [1.165, 1.54) is 0 Å². The summed E-state index contributed by atoms with van der Waals surface area (Å²) in [6.45, 7) is -0.106. The Kier molecular flexibility index (Phi) is 2.58. The van der Waals surface area contributed by atoms with Gasteiger partial charge in [-0.3, -0.25) is 9.78 Å². The normalized spacial score (nSPS) is 18.6. The summed E-state index contributed by atoms with van der Waals surface area (Å²) in [6.07, 6.45) is 2.80. The van der Waals surface area contributed by atoms with Gasteiger partial charge in [0.1, 0.15) is 0 Å². The number of nitrogens with zero attached hydrogens (tertiary/aromatic N) is 3. The van der Waals surface area contributed by atoms with Crippen molar-refractivity contribution in [3.63, 3.8) is 0 Å². The number of aliphatic hydroxyl groups excluding tert-OH is 2. The van der Waals surface area contributed by atoms with E-state index in [2.05, 4.69) is 15.0 Å². The van der Waals surface area contributed by atoms with Gasteiger partial charge in [0.15, 0.2) is 11.2 Å². The topological polar surface area (TPSA) is 130 Å². The highest BCUT2D eigenvalue weighted by atomic mass is 16.3. The fourth-order valence-corrected chi connectivity index (χ4v) is 2.66. The van der Waals surface area contributed by atoms with Gasteiger partial charge in [0.05, 0.1) is 19.5 Å². The van der Waals surface area contributed by atoms with Crippen LogP contribution in [0.5, 0.6) is 0 Å². The van der Waals surface area contributed by atoms with Crippen LogP contribution in [0.3, 0.4) is 0 Å². The molecule has 1 aliphatic rings. The predicted molar refractivity (Wildman–Crippen MR) is 67.4 cm³/mol. The Balaban J connectivity index is 1.98. The van der Waals surface area contributed by atoms with Crippen molar-refractivity contribution in [1.82, 2.24) is 19.5 Å². The van der Waals surface area contributed by atoms with Crippen molar-refractivity contribution in [3.05, 3.63) is 16.7 Å². The Bertz CT molecular complexity index is 665. The molecule has 0 radical (unpaired) electrons. The average molecular weight is 265 g/mol. The number of anilines is 1. The fraction of sp³-hybridized carbons (Fsp3) is 0.545. The van der Waals surface area contributed by atoms with Crippen LogP contribution in [0.25, 0.3) is 11.2 Å². The van der Waals surface area contributed by atoms with E-state index < -0.39 is 5.41 Å². The van der Waals surface area contributed by atoms with E-state index in [1.54, 1.807) is 10.9 Å². The van der Waals surface area contributed by atoms with Gasteiger partial charge in [-0.1, -0.05) is 0 Å². The third-order valence-electron chi connectivity index (χ3n) is 3.85. The number of nitrogens with one attached hydrogen (secondary N) is 1. The Morgan fingerprint density at radius 3 is 2.79 bits per heavy atom. The van der Waals surface area contributed by atoms with Gasteiger partial charge in [-0.2, -0.15) is 4.98 Å². The van der Waals surface area contributed by atoms with Crippen LogP contribution in [0.4, 0.5) is 5.95 Å². The molecule has 0 aliphatic heterocycles. The molecule has 0 amide bonds. The first-order chi connectivity index (χ1) is 9.08. The maximum atomic E-state index is 11.7. The number of aromatic amines is 1. The lowest BCUT2D eigenvalue weighted by Gasteiger charge is -2.45. The van der Waals surface area contributed by atoms with E-state index in [1.807, 2.05) is 0 Å². The second-order valence-corrected chi connectivity index (χ2v) is 5.15. The SMILES string of the molecule is Nc1nc2c(ncn2C2CC(CO)(CO)C2)c(=O)[nH]1. The zero-order chi connectivity index (χ0) is 13.6. The van der Waals surface area contributed by atoms with Gasteiger partial charge in [0.2, 0.25) is 5.95 Å². The number of imidazole rings is 1. The predicted octanol–water partition coefficient (Wildman–Crippen LogP) is -0.992. The smallest absolute Gasteiger partial charge is 0.280 e. The molecule has 2 heterocycles. The molecule has 0 aromatic carbocycles. The first-order valence-corrected chi connectivity index (χ1v) is 6.02. The van der Waals surface area contributed by atoms with Gasteiger partial charge in [-0.05, 0) is 12.8 Å². The van der Waals surface area contributed by atoms with Crippen molar-refractivity contribution in [1.29, 1.82) is 0 Å². The Morgan fingerprint density at radius 1 is 1.47 bits per heavy atom. The fourth-order valence-electron chi connectivity index (χ4n) is 2.66. The van der Waals surface area contributed by atoms with Crippen molar-refractivity contribution >= 4 is 17.1 Å². The van der Waals surface area contributed by atoms with E-state index in [4.69, 9.17) is 5.73 Å². The van der Waals surface area contributed by atoms with Gasteiger partial charge >= 0.3 is 0 Å². The van der Waals surface area contributed by atoms with Crippen LogP contribution in [0.2, 0.25) is 0 Å². The van der Waals surface area contributed by atoms with E-state index in [-0.39, 0.29) is 36.3 Å². The molecule has 3 rings (SSSR count). The lowest BCUT2D eigenvalue weighted by molar-refractivity contribution is -0.0421. The largest absolute Gasteiger partial charge is 0.396 e. The quantitative estimate of drug-likeness (QED) is 0.563. The number of aliphatic hydroxyl groups is 2. The minimum Gasteiger partial charge on any atom is -0.396 e. The molecule has 19 heavy (non-hydrogen) atoms. The van der Waals surface area contributed by atoms with Gasteiger partial charge < -0.3 is 20.5 Å². The highest BCUT2D eigenvalue weighted by Gasteiger charge is 2.44. The molecule has 0 spiro atoms. The van der Waals surface area contributed by atoms with Crippen LogP contribution in [0.15, 0.2) is 11.1 Å². The number of nitrogen functional groups attached to an aromatic ring is 1. The number of fused-ring (bicyclic) bond motifs is 1. The van der Waals surface area contributed by atoms with Gasteiger partial charge in [-0.25, -0.2) is 4.98 Å². The van der Waals surface area contributed by atoms with E-state index in [9.17, 15) is 15.0 Å². The highest BCUT2D eigenvalue weighted by molar-refractivity contribution is 5.70. The zero-order valence-corrected chi connectivity index (χ0v) is 10.2. The molecule has 1 saturated carbocycles. The number of nitrogens with two attached hydrogens (primary N) is 1. The summed E-state index contributed by atoms with van der Waals surface area (Å²) < 4.78 is 1.78. The number of H-pyrrole nitrogens is 1. The molecule has 0 bridgehead atoms. The van der Waals surface area contributed by atoms with Crippen LogP contribution in [0, 0.1) is 5.41 Å². The summed E-state index contributed by atoms with van der Waals surface area (Å²) >= 11 is 0. The first kappa shape index (κ1) is 12.1. The maximum Gasteiger partial charge on any atom is 0.280 e. The Morgan fingerprint density at radius 2 is 2.16 bits per heavy atom. The molecular weight excluding hydrogens is 250 g/mol. The monoisotopic (exact) mass is 265 g/mol. The summed E-state index contributed by atoms with van der Waals surface area (Å²) in [5.74, 6) is 0.0501. The molecule has 8 nitrogen and oxygen atoms in total. The van der Waals surface area contributed by atoms with Crippen LogP contribution < -0.4 is 11.3 Å². The Labute approximate surface area is 107 Å². The molecule has 8 heteroatoms. The minimum absolute atomic E-state index is 0.0501. The van der Waals surface area contributed by atoms with Crippen LogP contribution in [-0.4, -0.2) is 42.9 Å². The van der Waals surface area contributed by atoms with Crippen molar-refractivity contribution in [2.45, 2.75) is 18.9 Å². The van der Waals surface area contributed by atoms with E-state index >= 15 is 0 Å². The summed E-state index contributed by atoms with van der Waals surface area (Å²) in [4.78, 5) is 22.2. The molecule has 0 atom stereocenters. The molecule has 5 N–H and O–H groups in total. The minimum atomic E-state index is -0.437. The van der Waals surface area contributed by atoms with Crippen molar-refractivity contribution in [3.8, 4) is 0 Å². The van der Waals surface area contributed by atoms with Crippen molar-refractivity contribution in [2.75, 3.05) is 18.9 Å². The standard InChI is InChI=1S/C11H15N5O3/c12-10-14-8-7(9(19)15-10)13-5-16(8)6-1-11(2-6,3-17)4-18/h5-6,17-18H,1-4H2,(H3,12,14,15,19). The van der Waals surface area contributed by atoms with Crippen molar-refractivity contribution < 1.29 is 10.2 Å². The summed E-state index contributed by atoms with van der Waals surface area (Å²) in [6, 6.07) is 0.0676. The van der Waals surface area contributed by atoms with Crippen LogP contribution in [-0.2, 0) is 0 Å². The summed E-state index contributed by atoms with van der Waals surface area (Å²) in [5.41, 5.74) is 5.42. The molecule has 2 aromatic rings. The lowest BCUT2D eigenvalue weighted by atomic mass is 9.66. The second-order valence-electron chi connectivity index (χ2n) is 5.15. The van der Waals surface area contributed by atoms with Gasteiger partial charge in [0.25, 0.3) is 5.56 Å². The summed E-state index contributed by atoms with van der Waals surface area (Å²) in [7, 11) is 0.